The summed E-state index contributed by atoms with van der Waals surface area (Å²) < 4.78 is 5.36. The predicted octanol–water partition coefficient (Wildman–Crippen LogP) is 3.29. The van der Waals surface area contributed by atoms with E-state index in [0.717, 1.165) is 24.3 Å². The molecule has 0 N–H and O–H groups in total. The molecule has 0 aromatic heterocycles. The van der Waals surface area contributed by atoms with E-state index in [1.54, 1.807) is 24.3 Å². The third-order valence-electron chi connectivity index (χ3n) is 3.95. The van der Waals surface area contributed by atoms with Gasteiger partial charge in [-0.3, -0.25) is 4.79 Å². The van der Waals surface area contributed by atoms with Crippen LogP contribution in [0.2, 0.25) is 0 Å². The van der Waals surface area contributed by atoms with E-state index in [0.29, 0.717) is 24.3 Å². The van der Waals surface area contributed by atoms with Crippen molar-refractivity contribution in [3.05, 3.63) is 71.3 Å². The molecule has 1 aliphatic heterocycles. The highest BCUT2D eigenvalue weighted by Crippen LogP contribution is 2.18. The van der Waals surface area contributed by atoms with Crippen LogP contribution in [0, 0.1) is 11.3 Å². The highest BCUT2D eigenvalue weighted by atomic mass is 16.5. The van der Waals surface area contributed by atoms with Gasteiger partial charge in [-0.15, -0.1) is 0 Å². The van der Waals surface area contributed by atoms with E-state index in [1.807, 2.05) is 36.4 Å². The molecule has 0 aliphatic carbocycles. The van der Waals surface area contributed by atoms with Gasteiger partial charge in [0.25, 0.3) is 0 Å². The first-order valence-electron chi connectivity index (χ1n) is 7.91. The number of rotatable bonds is 4. The molecule has 0 saturated carbocycles. The third-order valence-corrected chi connectivity index (χ3v) is 3.95. The summed E-state index contributed by atoms with van der Waals surface area (Å²) in [7, 11) is 0. The Labute approximate surface area is 141 Å². The van der Waals surface area contributed by atoms with Gasteiger partial charge in [0.15, 0.2) is 5.78 Å². The molecule has 4 nitrogen and oxygen atoms in total. The molecule has 0 atom stereocenters. The van der Waals surface area contributed by atoms with E-state index in [-0.39, 0.29) is 5.78 Å². The van der Waals surface area contributed by atoms with E-state index in [4.69, 9.17) is 10.00 Å². The molecule has 120 valence electrons. The molecule has 4 heteroatoms. The molecule has 1 saturated heterocycles. The van der Waals surface area contributed by atoms with Crippen LogP contribution in [0.25, 0.3) is 6.08 Å². The maximum Gasteiger partial charge on any atom is 0.185 e. The second-order valence-corrected chi connectivity index (χ2v) is 5.58. The number of hydrogen-bond acceptors (Lipinski definition) is 4. The molecule has 2 aromatic rings. The van der Waals surface area contributed by atoms with Crippen LogP contribution >= 0.6 is 0 Å². The van der Waals surface area contributed by atoms with Crippen LogP contribution in [-0.4, -0.2) is 32.1 Å². The van der Waals surface area contributed by atoms with Crippen LogP contribution in [0.1, 0.15) is 21.5 Å². The summed E-state index contributed by atoms with van der Waals surface area (Å²) in [6, 6.07) is 16.9. The van der Waals surface area contributed by atoms with Gasteiger partial charge in [-0.05, 0) is 35.9 Å². The standard InChI is InChI=1S/C20H18N2O2/c21-15-17-4-1-3-16(13-17)7-8-20(23)18-5-2-6-19(14-18)22-9-11-24-12-10-22/h1-8,13-14H,9-12H2/b8-7+. The van der Waals surface area contributed by atoms with E-state index in [2.05, 4.69) is 11.0 Å². The van der Waals surface area contributed by atoms with Crippen molar-refractivity contribution >= 4 is 17.5 Å². The molecule has 1 aliphatic rings. The minimum absolute atomic E-state index is 0.0486. The molecule has 0 bridgehead atoms. The molecule has 0 spiro atoms. The highest BCUT2D eigenvalue weighted by molar-refractivity contribution is 6.07. The lowest BCUT2D eigenvalue weighted by atomic mass is 10.1. The van der Waals surface area contributed by atoms with Gasteiger partial charge in [-0.2, -0.15) is 5.26 Å². The van der Waals surface area contributed by atoms with Crippen molar-refractivity contribution in [1.29, 1.82) is 5.26 Å². The zero-order chi connectivity index (χ0) is 16.8. The number of ether oxygens (including phenoxy) is 1. The van der Waals surface area contributed by atoms with Gasteiger partial charge in [0, 0.05) is 24.3 Å². The molecule has 24 heavy (non-hydrogen) atoms. The molecule has 0 radical (unpaired) electrons. The zero-order valence-electron chi connectivity index (χ0n) is 13.3. The van der Waals surface area contributed by atoms with Gasteiger partial charge in [-0.1, -0.05) is 30.3 Å². The molecule has 1 heterocycles. The van der Waals surface area contributed by atoms with Crippen LogP contribution < -0.4 is 4.90 Å². The minimum atomic E-state index is -0.0486. The molecule has 0 unspecified atom stereocenters. The van der Waals surface area contributed by atoms with Gasteiger partial charge in [-0.25, -0.2) is 0 Å². The number of nitrogens with zero attached hydrogens (tertiary/aromatic N) is 2. The van der Waals surface area contributed by atoms with Crippen molar-refractivity contribution in [2.75, 3.05) is 31.2 Å². The topological polar surface area (TPSA) is 53.3 Å². The van der Waals surface area contributed by atoms with Gasteiger partial charge in [0.05, 0.1) is 24.8 Å². The summed E-state index contributed by atoms with van der Waals surface area (Å²) in [6.07, 6.45) is 3.29. The first-order chi connectivity index (χ1) is 11.8. The quantitative estimate of drug-likeness (QED) is 0.641. The van der Waals surface area contributed by atoms with Crippen LogP contribution in [0.15, 0.2) is 54.6 Å². The number of morpholine rings is 1. The third kappa shape index (κ3) is 3.89. The van der Waals surface area contributed by atoms with Crippen LogP contribution in [-0.2, 0) is 4.74 Å². The summed E-state index contributed by atoms with van der Waals surface area (Å²) in [5.74, 6) is -0.0486. The number of allylic oxidation sites excluding steroid dienone is 1. The first-order valence-corrected chi connectivity index (χ1v) is 7.91. The summed E-state index contributed by atoms with van der Waals surface area (Å²) in [5, 5.41) is 8.92. The van der Waals surface area contributed by atoms with Crippen LogP contribution in [0.5, 0.6) is 0 Å². The van der Waals surface area contributed by atoms with E-state index in [9.17, 15) is 4.79 Å². The number of carbonyl (C=O) groups is 1. The first kappa shape index (κ1) is 16.0. The largest absolute Gasteiger partial charge is 0.378 e. The predicted molar refractivity (Wildman–Crippen MR) is 94.0 cm³/mol. The highest BCUT2D eigenvalue weighted by Gasteiger charge is 2.12. The number of hydrogen-bond donors (Lipinski definition) is 0. The Morgan fingerprint density at radius 2 is 1.92 bits per heavy atom. The summed E-state index contributed by atoms with van der Waals surface area (Å²) >= 11 is 0. The van der Waals surface area contributed by atoms with Crippen molar-refractivity contribution in [2.24, 2.45) is 0 Å². The Balaban J connectivity index is 1.75. The fraction of sp³-hybridized carbons (Fsp3) is 0.200. The summed E-state index contributed by atoms with van der Waals surface area (Å²) in [5.41, 5.74) is 3.13. The fourth-order valence-electron chi connectivity index (χ4n) is 2.66. The number of nitriles is 1. The van der Waals surface area contributed by atoms with Gasteiger partial charge < -0.3 is 9.64 Å². The second-order valence-electron chi connectivity index (χ2n) is 5.58. The monoisotopic (exact) mass is 318 g/mol. The Hall–Kier alpha value is -2.90. The molecule has 0 amide bonds. The Kier molecular flexibility index (Phi) is 5.05. The number of anilines is 1. The molecule has 1 fully saturated rings. The van der Waals surface area contributed by atoms with E-state index >= 15 is 0 Å². The van der Waals surface area contributed by atoms with E-state index < -0.39 is 0 Å². The summed E-state index contributed by atoms with van der Waals surface area (Å²) in [6.45, 7) is 3.11. The minimum Gasteiger partial charge on any atom is -0.378 e. The van der Waals surface area contributed by atoms with Crippen molar-refractivity contribution in [3.63, 3.8) is 0 Å². The maximum atomic E-state index is 12.4. The summed E-state index contributed by atoms with van der Waals surface area (Å²) in [4.78, 5) is 14.6. The lowest BCUT2D eigenvalue weighted by Crippen LogP contribution is -2.36. The van der Waals surface area contributed by atoms with Crippen molar-refractivity contribution < 1.29 is 9.53 Å². The van der Waals surface area contributed by atoms with Gasteiger partial charge in [0.2, 0.25) is 0 Å². The number of benzene rings is 2. The van der Waals surface area contributed by atoms with Gasteiger partial charge in [0.1, 0.15) is 0 Å². The molecular weight excluding hydrogens is 300 g/mol. The van der Waals surface area contributed by atoms with Gasteiger partial charge >= 0.3 is 0 Å². The number of carbonyl (C=O) groups excluding carboxylic acids is 1. The lowest BCUT2D eigenvalue weighted by Gasteiger charge is -2.29. The van der Waals surface area contributed by atoms with Crippen LogP contribution in [0.3, 0.4) is 0 Å². The maximum absolute atomic E-state index is 12.4. The zero-order valence-corrected chi connectivity index (χ0v) is 13.3. The fourth-order valence-corrected chi connectivity index (χ4v) is 2.66. The van der Waals surface area contributed by atoms with E-state index in [1.165, 1.54) is 0 Å². The van der Waals surface area contributed by atoms with Crippen LogP contribution in [0.4, 0.5) is 5.69 Å². The Bertz CT molecular complexity index is 799. The number of ketones is 1. The van der Waals surface area contributed by atoms with Crippen molar-refractivity contribution in [3.8, 4) is 6.07 Å². The molecule has 3 rings (SSSR count). The lowest BCUT2D eigenvalue weighted by molar-refractivity contribution is 0.104. The normalized spacial score (nSPS) is 14.5. The molecule has 2 aromatic carbocycles. The average molecular weight is 318 g/mol. The average Bonchev–Trinajstić information content (AvgIpc) is 2.67. The van der Waals surface area contributed by atoms with Crippen molar-refractivity contribution in [1.82, 2.24) is 0 Å². The Morgan fingerprint density at radius 1 is 1.12 bits per heavy atom. The Morgan fingerprint density at radius 3 is 2.71 bits per heavy atom. The second kappa shape index (κ2) is 7.58. The van der Waals surface area contributed by atoms with Crippen molar-refractivity contribution in [2.45, 2.75) is 0 Å². The SMILES string of the molecule is N#Cc1cccc(/C=C/C(=O)c2cccc(N3CCOCC3)c2)c1. The molecular formula is C20H18N2O2. The smallest absolute Gasteiger partial charge is 0.185 e.